The van der Waals surface area contributed by atoms with E-state index in [1.54, 1.807) is 36.3 Å². The lowest BCUT2D eigenvalue weighted by atomic mass is 9.93. The summed E-state index contributed by atoms with van der Waals surface area (Å²) in [6.07, 6.45) is 10.1. The van der Waals surface area contributed by atoms with Gasteiger partial charge in [0.25, 0.3) is 11.8 Å². The summed E-state index contributed by atoms with van der Waals surface area (Å²) >= 11 is 0. The van der Waals surface area contributed by atoms with Crippen LogP contribution in [0.2, 0.25) is 0 Å². The van der Waals surface area contributed by atoms with Crippen LogP contribution in [-0.2, 0) is 17.8 Å². The van der Waals surface area contributed by atoms with Gasteiger partial charge in [-0.3, -0.25) is 19.0 Å². The molecule has 0 radical (unpaired) electrons. The van der Waals surface area contributed by atoms with Crippen molar-refractivity contribution in [1.29, 1.82) is 0 Å². The van der Waals surface area contributed by atoms with E-state index in [-0.39, 0.29) is 35.0 Å². The molecular weight excluding hydrogens is 690 g/mol. The van der Waals surface area contributed by atoms with Gasteiger partial charge >= 0.3 is 0 Å². The van der Waals surface area contributed by atoms with Gasteiger partial charge < -0.3 is 47.4 Å². The van der Waals surface area contributed by atoms with Crippen molar-refractivity contribution in [3.63, 3.8) is 0 Å². The molecule has 2 fully saturated rings. The van der Waals surface area contributed by atoms with Crippen molar-refractivity contribution in [2.24, 2.45) is 18.5 Å². The van der Waals surface area contributed by atoms with Crippen LogP contribution in [0.5, 0.6) is 0 Å². The second kappa shape index (κ2) is 15.7. The number of benzene rings is 1. The van der Waals surface area contributed by atoms with Gasteiger partial charge in [-0.2, -0.15) is 10.2 Å². The molecule has 17 nitrogen and oxygen atoms in total. The molecule has 6 heterocycles. The smallest absolute Gasteiger partial charge is 0.271 e. The van der Waals surface area contributed by atoms with Crippen molar-refractivity contribution >= 4 is 29.3 Å². The van der Waals surface area contributed by atoms with E-state index in [4.69, 9.17) is 16.6 Å². The van der Waals surface area contributed by atoms with Crippen molar-refractivity contribution in [1.82, 2.24) is 39.7 Å². The molecule has 1 atom stereocenters. The van der Waals surface area contributed by atoms with Crippen LogP contribution in [0, 0.1) is 0 Å². The molecule has 1 unspecified atom stereocenters. The minimum Gasteiger partial charge on any atom is -0.393 e. The summed E-state index contributed by atoms with van der Waals surface area (Å²) in [4.78, 5) is 33.8. The highest BCUT2D eigenvalue weighted by Crippen LogP contribution is 2.49. The lowest BCUT2D eigenvalue weighted by Crippen LogP contribution is -2.59. The van der Waals surface area contributed by atoms with Crippen molar-refractivity contribution in [2.45, 2.75) is 37.8 Å². The number of anilines is 3. The highest BCUT2D eigenvalue weighted by atomic mass is 16.5. The molecule has 1 amide bonds. The van der Waals surface area contributed by atoms with Gasteiger partial charge in [-0.1, -0.05) is 18.2 Å². The fraction of sp³-hybridized carbons (Fsp3) is 0.378. The first-order chi connectivity index (χ1) is 25.8. The SMILES string of the molecule is CN1CCCC1.CNC(=O)/C(N)=C(/C=C(\N)Nc1cnn(C)c1)Nc1cccc2c1N(C)C(C)c1c-2cnn1C1CN(C(O)(O)c2cccc(C=O)n2)C1. The van der Waals surface area contributed by atoms with Gasteiger partial charge in [-0.15, -0.1) is 0 Å². The summed E-state index contributed by atoms with van der Waals surface area (Å²) in [5.41, 5.74) is 18.0. The van der Waals surface area contributed by atoms with Crippen molar-refractivity contribution < 1.29 is 19.8 Å². The summed E-state index contributed by atoms with van der Waals surface area (Å²) in [6, 6.07) is 10.1. The fourth-order valence-electron chi connectivity index (χ4n) is 6.94. The van der Waals surface area contributed by atoms with Gasteiger partial charge in [0, 0.05) is 57.6 Å². The molecule has 0 saturated carbocycles. The Labute approximate surface area is 313 Å². The maximum atomic E-state index is 12.6. The monoisotopic (exact) mass is 739 g/mol. The minimum atomic E-state index is -2.34. The fourth-order valence-corrected chi connectivity index (χ4v) is 6.94. The predicted octanol–water partition coefficient (Wildman–Crippen LogP) is 1.61. The number of nitrogens with two attached hydrogens (primary N) is 2. The maximum Gasteiger partial charge on any atom is 0.271 e. The summed E-state index contributed by atoms with van der Waals surface area (Å²) in [7, 11) is 7.43. The van der Waals surface area contributed by atoms with Gasteiger partial charge in [0.15, 0.2) is 6.29 Å². The van der Waals surface area contributed by atoms with E-state index in [2.05, 4.69) is 49.8 Å². The molecule has 1 aromatic carbocycles. The number of aryl methyl sites for hydroxylation is 1. The number of aromatic nitrogens is 5. The number of carbonyl (C=O) groups excluding carboxylic acids is 2. The standard InChI is InChI=1S/C32H38N12O4.C5H11N/c1-18-29-23(13-37-44(29)21-15-43(16-21)32(47,48)26-10-5-7-19(17-45)38-26)22-8-6-9-24(30(22)42(18)4)40-25(28(34)31(46)35-2)11-27(33)39-20-12-36-41(3)14-20;1-6-4-2-3-5-6/h5-14,17-18,21,39-40,47-48H,15-16,33-34H2,1-4H3,(H,35,46);2-5H2,1H3/b27-11+,28-25+;. The zero-order valence-corrected chi connectivity index (χ0v) is 31.2. The molecule has 286 valence electrons. The average Bonchev–Trinajstić information content (AvgIpc) is 3.91. The second-order valence-corrected chi connectivity index (χ2v) is 13.8. The quantitative estimate of drug-likeness (QED) is 0.0532. The second-order valence-electron chi connectivity index (χ2n) is 13.8. The molecule has 4 aromatic rings. The lowest BCUT2D eigenvalue weighted by Gasteiger charge is -2.47. The Bertz CT molecular complexity index is 2060. The third kappa shape index (κ3) is 7.65. The zero-order chi connectivity index (χ0) is 38.7. The molecule has 2 saturated heterocycles. The van der Waals surface area contributed by atoms with Crippen LogP contribution >= 0.6 is 0 Å². The Kier molecular flexibility index (Phi) is 11.0. The topological polar surface area (TPSA) is 221 Å². The van der Waals surface area contributed by atoms with E-state index in [0.717, 1.165) is 22.5 Å². The lowest BCUT2D eigenvalue weighted by molar-refractivity contribution is -0.302. The van der Waals surface area contributed by atoms with Gasteiger partial charge in [-0.25, -0.2) is 9.88 Å². The molecule has 17 heteroatoms. The summed E-state index contributed by atoms with van der Waals surface area (Å²) in [5.74, 6) is -2.58. The molecule has 0 aliphatic carbocycles. The number of fused-ring (bicyclic) bond motifs is 3. The van der Waals surface area contributed by atoms with E-state index in [0.29, 0.717) is 36.4 Å². The first-order valence-electron chi connectivity index (χ1n) is 17.8. The number of aldehydes is 1. The molecule has 54 heavy (non-hydrogen) atoms. The molecular formula is C37H49N13O4. The van der Waals surface area contributed by atoms with Crippen LogP contribution in [0.1, 0.15) is 53.7 Å². The number of amides is 1. The van der Waals surface area contributed by atoms with Crippen LogP contribution in [0.4, 0.5) is 17.1 Å². The van der Waals surface area contributed by atoms with Crippen LogP contribution in [0.25, 0.3) is 11.1 Å². The minimum absolute atomic E-state index is 0.0231. The summed E-state index contributed by atoms with van der Waals surface area (Å²) < 4.78 is 3.57. The van der Waals surface area contributed by atoms with Crippen LogP contribution in [0.15, 0.2) is 78.3 Å². The third-order valence-electron chi connectivity index (χ3n) is 10.0. The zero-order valence-electron chi connectivity index (χ0n) is 31.2. The number of para-hydroxylation sites is 1. The van der Waals surface area contributed by atoms with E-state index in [1.807, 2.05) is 36.1 Å². The predicted molar refractivity (Wildman–Crippen MR) is 206 cm³/mol. The van der Waals surface area contributed by atoms with E-state index < -0.39 is 11.8 Å². The highest BCUT2D eigenvalue weighted by Gasteiger charge is 2.46. The Morgan fingerprint density at radius 1 is 0.981 bits per heavy atom. The molecule has 3 aliphatic heterocycles. The Hall–Kier alpha value is -5.75. The van der Waals surface area contributed by atoms with Gasteiger partial charge in [0.1, 0.15) is 22.9 Å². The van der Waals surface area contributed by atoms with Crippen LogP contribution in [0.3, 0.4) is 0 Å². The molecule has 0 bridgehead atoms. The van der Waals surface area contributed by atoms with Crippen molar-refractivity contribution in [2.75, 3.05) is 62.9 Å². The van der Waals surface area contributed by atoms with Gasteiger partial charge in [0.05, 0.1) is 52.9 Å². The first-order valence-corrected chi connectivity index (χ1v) is 17.8. The highest BCUT2D eigenvalue weighted by molar-refractivity contribution is 5.96. The third-order valence-corrected chi connectivity index (χ3v) is 10.0. The number of likely N-dealkylation sites (N-methyl/N-ethyl adjacent to an activating group) is 1. The number of hydrogen-bond acceptors (Lipinski definition) is 14. The van der Waals surface area contributed by atoms with Gasteiger partial charge in [0.2, 0.25) is 0 Å². The van der Waals surface area contributed by atoms with E-state index in [9.17, 15) is 19.8 Å². The Balaban J connectivity index is 0.000000755. The van der Waals surface area contributed by atoms with Crippen LogP contribution < -0.4 is 32.3 Å². The Morgan fingerprint density at radius 2 is 1.70 bits per heavy atom. The van der Waals surface area contributed by atoms with Crippen LogP contribution in [-0.4, -0.2) is 104 Å². The number of pyridine rings is 1. The van der Waals surface area contributed by atoms with E-state index >= 15 is 0 Å². The van der Waals surface area contributed by atoms with E-state index in [1.165, 1.54) is 50.0 Å². The maximum absolute atomic E-state index is 12.6. The number of nitrogens with one attached hydrogen (secondary N) is 3. The number of likely N-dealkylation sites (tertiary alicyclic amines) is 2. The average molecular weight is 740 g/mol. The molecule has 9 N–H and O–H groups in total. The first kappa shape index (κ1) is 38.0. The number of hydrogen-bond donors (Lipinski definition) is 7. The molecule has 0 spiro atoms. The largest absolute Gasteiger partial charge is 0.393 e. The summed E-state index contributed by atoms with van der Waals surface area (Å²) in [5, 5.41) is 39.7. The molecule has 7 rings (SSSR count). The number of allylic oxidation sites excluding steroid dienone is 1. The van der Waals surface area contributed by atoms with Gasteiger partial charge in [-0.05, 0) is 58.1 Å². The number of aliphatic hydroxyl groups is 2. The number of rotatable bonds is 10. The molecule has 3 aromatic heterocycles. The van der Waals surface area contributed by atoms with Crippen molar-refractivity contribution in [3.05, 3.63) is 95.4 Å². The number of carbonyl (C=O) groups is 2. The summed E-state index contributed by atoms with van der Waals surface area (Å²) in [6.45, 7) is 5.30. The number of nitrogens with zero attached hydrogens (tertiary/aromatic N) is 8. The Morgan fingerprint density at radius 3 is 2.33 bits per heavy atom. The normalized spacial score (nSPS) is 18.1. The van der Waals surface area contributed by atoms with Crippen molar-refractivity contribution in [3.8, 4) is 11.1 Å². The molecule has 3 aliphatic rings.